The van der Waals surface area contributed by atoms with Crippen molar-refractivity contribution in [3.05, 3.63) is 34.6 Å². The van der Waals surface area contributed by atoms with Crippen LogP contribution >= 0.6 is 15.9 Å². The average molecular weight is 315 g/mol. The molecule has 1 heterocycles. The summed E-state index contributed by atoms with van der Waals surface area (Å²) in [4.78, 5) is 0.713. The van der Waals surface area contributed by atoms with E-state index in [0.717, 1.165) is 4.47 Å². The number of rotatable bonds is 3. The van der Waals surface area contributed by atoms with Crippen LogP contribution in [0.3, 0.4) is 0 Å². The third kappa shape index (κ3) is 2.92. The zero-order valence-corrected chi connectivity index (χ0v) is 11.5. The molecular formula is C10H11BrN4OS. The van der Waals surface area contributed by atoms with Crippen molar-refractivity contribution in [1.29, 1.82) is 0 Å². The molecule has 1 unspecified atom stereocenters. The van der Waals surface area contributed by atoms with Crippen LogP contribution in [0.4, 0.5) is 5.69 Å². The van der Waals surface area contributed by atoms with E-state index in [-0.39, 0.29) is 0 Å². The van der Waals surface area contributed by atoms with Gasteiger partial charge in [-0.25, -0.2) is 0 Å². The second-order valence-electron chi connectivity index (χ2n) is 3.56. The van der Waals surface area contributed by atoms with Crippen molar-refractivity contribution in [2.45, 2.75) is 10.6 Å². The van der Waals surface area contributed by atoms with Crippen LogP contribution in [-0.4, -0.2) is 19.2 Å². The molecule has 0 aliphatic heterocycles. The third-order valence-corrected chi connectivity index (χ3v) is 4.45. The standard InChI is InChI=1S/C10H11BrN4OS/c1-15-5-8(13-14-15)6-17(16)10-3-2-7(12)4-9(10)11/h2-5H,6,12H2,1H3. The van der Waals surface area contributed by atoms with Crippen LogP contribution in [0.15, 0.2) is 33.8 Å². The molecule has 0 spiro atoms. The minimum atomic E-state index is -1.16. The van der Waals surface area contributed by atoms with Gasteiger partial charge in [0.2, 0.25) is 0 Å². The van der Waals surface area contributed by atoms with Gasteiger partial charge in [0.1, 0.15) is 0 Å². The topological polar surface area (TPSA) is 73.8 Å². The highest BCUT2D eigenvalue weighted by molar-refractivity contribution is 9.10. The van der Waals surface area contributed by atoms with E-state index in [1.165, 1.54) is 0 Å². The van der Waals surface area contributed by atoms with Crippen LogP contribution in [0.2, 0.25) is 0 Å². The second kappa shape index (κ2) is 4.97. The Labute approximate surface area is 110 Å². The summed E-state index contributed by atoms with van der Waals surface area (Å²) in [5.41, 5.74) is 6.97. The summed E-state index contributed by atoms with van der Waals surface area (Å²) in [7, 11) is 0.617. The number of benzene rings is 1. The molecule has 1 atom stereocenters. The second-order valence-corrected chi connectivity index (χ2v) is 5.84. The molecule has 2 N–H and O–H groups in total. The molecule has 5 nitrogen and oxygen atoms in total. The van der Waals surface area contributed by atoms with Crippen molar-refractivity contribution in [3.8, 4) is 0 Å². The maximum Gasteiger partial charge on any atom is 0.0955 e. The fourth-order valence-electron chi connectivity index (χ4n) is 1.38. The summed E-state index contributed by atoms with van der Waals surface area (Å²) in [6.45, 7) is 0. The number of nitrogens with zero attached hydrogens (tertiary/aromatic N) is 3. The lowest BCUT2D eigenvalue weighted by Gasteiger charge is -2.04. The molecule has 0 saturated carbocycles. The van der Waals surface area contributed by atoms with Crippen molar-refractivity contribution in [2.75, 3.05) is 5.73 Å². The van der Waals surface area contributed by atoms with Crippen molar-refractivity contribution in [2.24, 2.45) is 7.05 Å². The SMILES string of the molecule is Cn1cc(CS(=O)c2ccc(N)cc2Br)nn1. The fraction of sp³-hybridized carbons (Fsp3) is 0.200. The van der Waals surface area contributed by atoms with Gasteiger partial charge in [-0.1, -0.05) is 5.21 Å². The van der Waals surface area contributed by atoms with Gasteiger partial charge in [-0.3, -0.25) is 8.89 Å². The van der Waals surface area contributed by atoms with Crippen LogP contribution in [-0.2, 0) is 23.6 Å². The lowest BCUT2D eigenvalue weighted by molar-refractivity contribution is 0.681. The highest BCUT2D eigenvalue weighted by Crippen LogP contribution is 2.24. The molecule has 90 valence electrons. The third-order valence-electron chi connectivity index (χ3n) is 2.13. The Bertz CT molecular complexity index is 569. The van der Waals surface area contributed by atoms with Gasteiger partial charge in [0, 0.05) is 23.4 Å². The molecule has 2 aromatic rings. The summed E-state index contributed by atoms with van der Waals surface area (Å²) >= 11 is 3.35. The first-order chi connectivity index (χ1) is 8.06. The molecule has 0 aliphatic carbocycles. The molecule has 1 aromatic carbocycles. The lowest BCUT2D eigenvalue weighted by atomic mass is 10.3. The van der Waals surface area contributed by atoms with Crippen LogP contribution in [0.1, 0.15) is 5.69 Å². The summed E-state index contributed by atoms with van der Waals surface area (Å²) in [6, 6.07) is 5.23. The van der Waals surface area contributed by atoms with Crippen LogP contribution in [0.25, 0.3) is 0 Å². The quantitative estimate of drug-likeness (QED) is 0.871. The number of nitrogens with two attached hydrogens (primary N) is 1. The maximum absolute atomic E-state index is 12.1. The molecule has 0 aliphatic rings. The molecule has 1 aromatic heterocycles. The number of anilines is 1. The van der Waals surface area contributed by atoms with E-state index in [0.29, 0.717) is 22.0 Å². The first-order valence-electron chi connectivity index (χ1n) is 4.85. The summed E-state index contributed by atoms with van der Waals surface area (Å²) < 4.78 is 14.5. The smallest absolute Gasteiger partial charge is 0.0955 e. The highest BCUT2D eigenvalue weighted by Gasteiger charge is 2.11. The molecule has 17 heavy (non-hydrogen) atoms. The number of nitrogen functional groups attached to an aromatic ring is 1. The first-order valence-corrected chi connectivity index (χ1v) is 6.96. The highest BCUT2D eigenvalue weighted by atomic mass is 79.9. The molecule has 0 saturated heterocycles. The molecule has 0 bridgehead atoms. The zero-order valence-electron chi connectivity index (χ0n) is 9.13. The van der Waals surface area contributed by atoms with Crippen LogP contribution < -0.4 is 5.73 Å². The largest absolute Gasteiger partial charge is 0.399 e. The number of halogens is 1. The van der Waals surface area contributed by atoms with Crippen molar-refractivity contribution in [3.63, 3.8) is 0 Å². The Kier molecular flexibility index (Phi) is 3.58. The van der Waals surface area contributed by atoms with Gasteiger partial charge in [0.05, 0.1) is 27.1 Å². The summed E-state index contributed by atoms with van der Waals surface area (Å²) in [5.74, 6) is 0.344. The van der Waals surface area contributed by atoms with Gasteiger partial charge in [0.25, 0.3) is 0 Å². The van der Waals surface area contributed by atoms with Crippen molar-refractivity contribution in [1.82, 2.24) is 15.0 Å². The lowest BCUT2D eigenvalue weighted by Crippen LogP contribution is -1.98. The summed E-state index contributed by atoms with van der Waals surface area (Å²) in [5, 5.41) is 7.71. The Hall–Kier alpha value is -1.21. The minimum absolute atomic E-state index is 0.344. The number of hydrogen-bond donors (Lipinski definition) is 1. The Morgan fingerprint density at radius 3 is 2.88 bits per heavy atom. The Morgan fingerprint density at radius 1 is 1.53 bits per heavy atom. The van der Waals surface area contributed by atoms with E-state index in [4.69, 9.17) is 5.73 Å². The molecule has 7 heteroatoms. The van der Waals surface area contributed by atoms with E-state index >= 15 is 0 Å². The van der Waals surface area contributed by atoms with E-state index in [1.807, 2.05) is 0 Å². The number of aryl methyl sites for hydroxylation is 1. The van der Waals surface area contributed by atoms with Gasteiger partial charge >= 0.3 is 0 Å². The van der Waals surface area contributed by atoms with E-state index in [1.54, 1.807) is 36.1 Å². The molecular weight excluding hydrogens is 304 g/mol. The van der Waals surface area contributed by atoms with Gasteiger partial charge < -0.3 is 5.73 Å². The number of aromatic nitrogens is 3. The minimum Gasteiger partial charge on any atom is -0.399 e. The normalized spacial score (nSPS) is 12.6. The Balaban J connectivity index is 2.20. The van der Waals surface area contributed by atoms with Crippen molar-refractivity contribution >= 4 is 32.4 Å². The predicted octanol–water partition coefficient (Wildman–Crippen LogP) is 1.47. The van der Waals surface area contributed by atoms with Gasteiger partial charge in [-0.05, 0) is 34.1 Å². The monoisotopic (exact) mass is 314 g/mol. The molecule has 0 amide bonds. The number of hydrogen-bond acceptors (Lipinski definition) is 4. The first kappa shape index (κ1) is 12.3. The van der Waals surface area contributed by atoms with E-state index < -0.39 is 10.8 Å². The Morgan fingerprint density at radius 2 is 2.29 bits per heavy atom. The molecule has 0 radical (unpaired) electrons. The van der Waals surface area contributed by atoms with Gasteiger partial charge in [-0.15, -0.1) is 5.10 Å². The zero-order chi connectivity index (χ0) is 12.4. The summed E-state index contributed by atoms with van der Waals surface area (Å²) in [6.07, 6.45) is 1.75. The predicted molar refractivity (Wildman–Crippen MR) is 69.7 cm³/mol. The van der Waals surface area contributed by atoms with E-state index in [9.17, 15) is 4.21 Å². The van der Waals surface area contributed by atoms with Crippen LogP contribution in [0, 0.1) is 0 Å². The maximum atomic E-state index is 12.1. The average Bonchev–Trinajstić information content (AvgIpc) is 2.63. The van der Waals surface area contributed by atoms with Crippen LogP contribution in [0.5, 0.6) is 0 Å². The van der Waals surface area contributed by atoms with Gasteiger partial charge in [-0.2, -0.15) is 0 Å². The van der Waals surface area contributed by atoms with Gasteiger partial charge in [0.15, 0.2) is 0 Å². The van der Waals surface area contributed by atoms with Crippen molar-refractivity contribution < 1.29 is 4.21 Å². The fourth-order valence-corrected chi connectivity index (χ4v) is 3.37. The van der Waals surface area contributed by atoms with E-state index in [2.05, 4.69) is 26.2 Å². The molecule has 0 fully saturated rings. The molecule has 2 rings (SSSR count).